The van der Waals surface area contributed by atoms with Crippen molar-refractivity contribution in [3.05, 3.63) is 0 Å². The summed E-state index contributed by atoms with van der Waals surface area (Å²) in [5.74, 6) is 0.845. The van der Waals surface area contributed by atoms with Crippen LogP contribution in [0.15, 0.2) is 0 Å². The molecule has 120 valence electrons. The maximum atomic E-state index is 5.73. The van der Waals surface area contributed by atoms with E-state index < -0.39 is 0 Å². The average Bonchev–Trinajstić information content (AvgIpc) is 2.92. The summed E-state index contributed by atoms with van der Waals surface area (Å²) in [5.41, 5.74) is 0.344. The molecule has 1 fully saturated rings. The Morgan fingerprint density at radius 1 is 1.20 bits per heavy atom. The fraction of sp³-hybridized carbons (Fsp3) is 1.00. The molecule has 1 heterocycles. The van der Waals surface area contributed by atoms with Crippen molar-refractivity contribution in [2.45, 2.75) is 53.4 Å². The third kappa shape index (κ3) is 5.71. The SMILES string of the molecule is CCCNCC1(CN(CC)CC(CC)CC)CCOC1. The highest BCUT2D eigenvalue weighted by Gasteiger charge is 2.36. The quantitative estimate of drug-likeness (QED) is 0.590. The first-order chi connectivity index (χ1) is 9.69. The van der Waals surface area contributed by atoms with Crippen molar-refractivity contribution >= 4 is 0 Å². The number of nitrogens with zero attached hydrogens (tertiary/aromatic N) is 1. The maximum absolute atomic E-state index is 5.73. The van der Waals surface area contributed by atoms with Gasteiger partial charge in [0.1, 0.15) is 0 Å². The molecule has 20 heavy (non-hydrogen) atoms. The molecular formula is C17H36N2O. The van der Waals surface area contributed by atoms with Crippen molar-refractivity contribution in [1.82, 2.24) is 10.2 Å². The van der Waals surface area contributed by atoms with Gasteiger partial charge in [-0.15, -0.1) is 0 Å². The lowest BCUT2D eigenvalue weighted by Crippen LogP contribution is -2.46. The fourth-order valence-corrected chi connectivity index (χ4v) is 3.19. The zero-order valence-electron chi connectivity index (χ0n) is 14.2. The van der Waals surface area contributed by atoms with Crippen molar-refractivity contribution in [1.29, 1.82) is 0 Å². The van der Waals surface area contributed by atoms with Crippen LogP contribution in [0.3, 0.4) is 0 Å². The molecule has 0 bridgehead atoms. The minimum Gasteiger partial charge on any atom is -0.381 e. The predicted molar refractivity (Wildman–Crippen MR) is 87.2 cm³/mol. The highest BCUT2D eigenvalue weighted by molar-refractivity contribution is 4.88. The Kier molecular flexibility index (Phi) is 8.74. The van der Waals surface area contributed by atoms with Gasteiger partial charge in [0.15, 0.2) is 0 Å². The standard InChI is InChI=1S/C17H36N2O/c1-5-10-18-13-17(9-11-20-15-17)14-19(8-4)12-16(6-2)7-3/h16,18H,5-15H2,1-4H3. The Hall–Kier alpha value is -0.120. The van der Waals surface area contributed by atoms with Crippen LogP contribution in [0.4, 0.5) is 0 Å². The molecule has 0 saturated carbocycles. The van der Waals surface area contributed by atoms with Gasteiger partial charge in [-0.3, -0.25) is 0 Å². The Bertz CT molecular complexity index is 235. The van der Waals surface area contributed by atoms with E-state index >= 15 is 0 Å². The van der Waals surface area contributed by atoms with Gasteiger partial charge in [0.05, 0.1) is 6.61 Å². The highest BCUT2D eigenvalue weighted by atomic mass is 16.5. The second-order valence-electron chi connectivity index (χ2n) is 6.49. The van der Waals surface area contributed by atoms with Crippen molar-refractivity contribution in [2.75, 3.05) is 45.9 Å². The summed E-state index contributed by atoms with van der Waals surface area (Å²) >= 11 is 0. The third-order valence-electron chi connectivity index (χ3n) is 4.79. The molecule has 0 aromatic heterocycles. The van der Waals surface area contributed by atoms with Gasteiger partial charge < -0.3 is 15.0 Å². The average molecular weight is 284 g/mol. The van der Waals surface area contributed by atoms with E-state index in [2.05, 4.69) is 37.9 Å². The molecule has 1 aliphatic heterocycles. The normalized spacial score (nSPS) is 23.1. The molecule has 1 atom stereocenters. The van der Waals surface area contributed by atoms with Gasteiger partial charge in [-0.25, -0.2) is 0 Å². The van der Waals surface area contributed by atoms with E-state index in [9.17, 15) is 0 Å². The molecule has 1 rings (SSSR count). The van der Waals surface area contributed by atoms with Gasteiger partial charge >= 0.3 is 0 Å². The second-order valence-corrected chi connectivity index (χ2v) is 6.49. The van der Waals surface area contributed by atoms with Gasteiger partial charge in [0.25, 0.3) is 0 Å². The van der Waals surface area contributed by atoms with Gasteiger partial charge in [-0.2, -0.15) is 0 Å². The Labute approximate surface area is 126 Å². The third-order valence-corrected chi connectivity index (χ3v) is 4.79. The van der Waals surface area contributed by atoms with Crippen LogP contribution in [-0.4, -0.2) is 50.8 Å². The highest BCUT2D eigenvalue weighted by Crippen LogP contribution is 2.29. The largest absolute Gasteiger partial charge is 0.381 e. The van der Waals surface area contributed by atoms with Crippen LogP contribution < -0.4 is 5.32 Å². The molecule has 1 unspecified atom stereocenters. The van der Waals surface area contributed by atoms with E-state index in [0.29, 0.717) is 5.41 Å². The lowest BCUT2D eigenvalue weighted by atomic mass is 9.86. The summed E-state index contributed by atoms with van der Waals surface area (Å²) in [6, 6.07) is 0. The van der Waals surface area contributed by atoms with Gasteiger partial charge in [-0.05, 0) is 31.8 Å². The summed E-state index contributed by atoms with van der Waals surface area (Å²) < 4.78 is 5.73. The molecular weight excluding hydrogens is 248 g/mol. The molecule has 1 saturated heterocycles. The Morgan fingerprint density at radius 3 is 2.45 bits per heavy atom. The van der Waals surface area contributed by atoms with Gasteiger partial charge in [0.2, 0.25) is 0 Å². The summed E-state index contributed by atoms with van der Waals surface area (Å²) in [6.45, 7) is 16.9. The molecule has 3 heteroatoms. The lowest BCUT2D eigenvalue weighted by Gasteiger charge is -2.35. The molecule has 0 aromatic carbocycles. The van der Waals surface area contributed by atoms with Crippen LogP contribution in [0.25, 0.3) is 0 Å². The number of hydrogen-bond donors (Lipinski definition) is 1. The molecule has 1 N–H and O–H groups in total. The molecule has 1 aliphatic rings. The number of nitrogens with one attached hydrogen (secondary N) is 1. The van der Waals surface area contributed by atoms with Crippen molar-refractivity contribution in [2.24, 2.45) is 11.3 Å². The Morgan fingerprint density at radius 2 is 1.95 bits per heavy atom. The van der Waals surface area contributed by atoms with Gasteiger partial charge in [-0.1, -0.05) is 40.5 Å². The summed E-state index contributed by atoms with van der Waals surface area (Å²) in [7, 11) is 0. The molecule has 0 spiro atoms. The minimum absolute atomic E-state index is 0.344. The predicted octanol–water partition coefficient (Wildman–Crippen LogP) is 3.15. The van der Waals surface area contributed by atoms with Crippen LogP contribution >= 0.6 is 0 Å². The topological polar surface area (TPSA) is 24.5 Å². The monoisotopic (exact) mass is 284 g/mol. The summed E-state index contributed by atoms with van der Waals surface area (Å²) in [5, 5.41) is 3.62. The van der Waals surface area contributed by atoms with Crippen LogP contribution in [-0.2, 0) is 4.74 Å². The van der Waals surface area contributed by atoms with E-state index in [4.69, 9.17) is 4.74 Å². The first-order valence-electron chi connectivity index (χ1n) is 8.70. The second kappa shape index (κ2) is 9.75. The number of ether oxygens (including phenoxy) is 1. The zero-order valence-corrected chi connectivity index (χ0v) is 14.2. The van der Waals surface area contributed by atoms with Crippen LogP contribution in [0.1, 0.15) is 53.4 Å². The number of rotatable bonds is 11. The molecule has 0 aromatic rings. The van der Waals surface area contributed by atoms with Crippen molar-refractivity contribution in [3.8, 4) is 0 Å². The van der Waals surface area contributed by atoms with Gasteiger partial charge in [0, 0.05) is 31.7 Å². The van der Waals surface area contributed by atoms with Crippen LogP contribution in [0.2, 0.25) is 0 Å². The van der Waals surface area contributed by atoms with E-state index in [-0.39, 0.29) is 0 Å². The minimum atomic E-state index is 0.344. The number of hydrogen-bond acceptors (Lipinski definition) is 3. The molecule has 0 aliphatic carbocycles. The summed E-state index contributed by atoms with van der Waals surface area (Å²) in [6.07, 6.45) is 5.01. The van der Waals surface area contributed by atoms with Crippen LogP contribution in [0.5, 0.6) is 0 Å². The smallest absolute Gasteiger partial charge is 0.0547 e. The summed E-state index contributed by atoms with van der Waals surface area (Å²) in [4.78, 5) is 2.65. The van der Waals surface area contributed by atoms with E-state index in [1.165, 1.54) is 38.8 Å². The molecule has 0 amide bonds. The maximum Gasteiger partial charge on any atom is 0.0547 e. The first-order valence-corrected chi connectivity index (χ1v) is 8.70. The first kappa shape index (κ1) is 17.9. The molecule has 0 radical (unpaired) electrons. The molecule has 3 nitrogen and oxygen atoms in total. The van der Waals surface area contributed by atoms with E-state index in [0.717, 1.165) is 38.8 Å². The lowest BCUT2D eigenvalue weighted by molar-refractivity contribution is 0.101. The zero-order chi connectivity index (χ0) is 14.8. The van der Waals surface area contributed by atoms with E-state index in [1.807, 2.05) is 0 Å². The Balaban J connectivity index is 2.53. The van der Waals surface area contributed by atoms with Crippen molar-refractivity contribution in [3.63, 3.8) is 0 Å². The van der Waals surface area contributed by atoms with E-state index in [1.54, 1.807) is 0 Å². The fourth-order valence-electron chi connectivity index (χ4n) is 3.19. The van der Waals surface area contributed by atoms with Crippen molar-refractivity contribution < 1.29 is 4.74 Å². The van der Waals surface area contributed by atoms with Crippen LogP contribution in [0, 0.1) is 11.3 Å².